The van der Waals surface area contributed by atoms with E-state index in [2.05, 4.69) is 5.10 Å². The maximum Gasteiger partial charge on any atom is 0.235 e. The highest BCUT2D eigenvalue weighted by atomic mass is 32.2. The zero-order valence-electron chi connectivity index (χ0n) is 16.1. The van der Waals surface area contributed by atoms with Gasteiger partial charge in [0.15, 0.2) is 6.17 Å². The summed E-state index contributed by atoms with van der Waals surface area (Å²) in [5.41, 5.74) is 0.945. The maximum atomic E-state index is 14.6. The van der Waals surface area contributed by atoms with Crippen LogP contribution in [0.15, 0.2) is 53.6 Å². The smallest absolute Gasteiger partial charge is 0.235 e. The number of aliphatic hydroxyl groups is 1. The molecule has 0 radical (unpaired) electrons. The van der Waals surface area contributed by atoms with Gasteiger partial charge in [-0.1, -0.05) is 42.1 Å². The monoisotopic (exact) mass is 433 g/mol. The Balaban J connectivity index is 1.85. The molecule has 30 heavy (non-hydrogen) atoms. The van der Waals surface area contributed by atoms with Crippen LogP contribution in [0.4, 0.5) is 8.78 Å². The summed E-state index contributed by atoms with van der Waals surface area (Å²) in [6.45, 7) is 0.305. The van der Waals surface area contributed by atoms with E-state index in [1.807, 2.05) is 30.3 Å². The summed E-state index contributed by atoms with van der Waals surface area (Å²) in [6.07, 6.45) is 1.53. The molecule has 0 bridgehead atoms. The predicted octanol–water partition coefficient (Wildman–Crippen LogP) is 3.42. The van der Waals surface area contributed by atoms with Crippen molar-refractivity contribution in [2.24, 2.45) is 5.10 Å². The molecule has 2 unspecified atom stereocenters. The van der Waals surface area contributed by atoms with Crippen molar-refractivity contribution in [1.82, 2.24) is 10.1 Å². The fourth-order valence-electron chi connectivity index (χ4n) is 3.81. The fraction of sp³-hybridized carbons (Fsp3) is 0.333. The third kappa shape index (κ3) is 3.68. The van der Waals surface area contributed by atoms with Crippen LogP contribution in [0.5, 0.6) is 0 Å². The quantitative estimate of drug-likeness (QED) is 0.678. The van der Waals surface area contributed by atoms with Crippen molar-refractivity contribution in [1.29, 1.82) is 0 Å². The van der Waals surface area contributed by atoms with Crippen LogP contribution in [-0.2, 0) is 14.5 Å². The van der Waals surface area contributed by atoms with Crippen LogP contribution >= 0.6 is 11.8 Å². The second-order valence-corrected chi connectivity index (χ2v) is 8.29. The van der Waals surface area contributed by atoms with E-state index in [4.69, 9.17) is 4.84 Å². The second kappa shape index (κ2) is 8.71. The average molecular weight is 433 g/mol. The Morgan fingerprint density at radius 3 is 2.80 bits per heavy atom. The summed E-state index contributed by atoms with van der Waals surface area (Å²) in [7, 11) is 0. The predicted molar refractivity (Wildman–Crippen MR) is 109 cm³/mol. The molecular formula is C21H21F2N3O3S. The van der Waals surface area contributed by atoms with Crippen molar-refractivity contribution in [2.75, 3.05) is 13.2 Å². The summed E-state index contributed by atoms with van der Waals surface area (Å²) in [5, 5.41) is 17.5. The fourth-order valence-corrected chi connectivity index (χ4v) is 5.28. The van der Waals surface area contributed by atoms with Crippen LogP contribution in [0.3, 0.4) is 0 Å². The van der Waals surface area contributed by atoms with Gasteiger partial charge >= 0.3 is 0 Å². The minimum atomic E-state index is -0.822. The zero-order chi connectivity index (χ0) is 21.1. The molecule has 2 aromatic rings. The first kappa shape index (κ1) is 20.8. The van der Waals surface area contributed by atoms with E-state index in [1.165, 1.54) is 16.8 Å². The van der Waals surface area contributed by atoms with E-state index < -0.39 is 22.7 Å². The lowest BCUT2D eigenvalue weighted by Gasteiger charge is -2.41. The molecule has 1 saturated heterocycles. The van der Waals surface area contributed by atoms with Gasteiger partial charge in [0.05, 0.1) is 6.61 Å². The Labute approximate surface area is 177 Å². The SMILES string of the molecule is O=CN1OCCC1N1N=C(c2cc(F)ccc2F)SC1(CCCO)c1ccccc1. The van der Waals surface area contributed by atoms with Crippen LogP contribution in [0.2, 0.25) is 0 Å². The Morgan fingerprint density at radius 2 is 2.07 bits per heavy atom. The Hall–Kier alpha value is -2.49. The second-order valence-electron chi connectivity index (χ2n) is 7.02. The third-order valence-corrected chi connectivity index (χ3v) is 6.65. The standard InChI is InChI=1S/C21H21F2N3O3S/c22-16-7-8-18(23)17(13-16)20-24-26(19-9-12-29-25(19)14-28)21(30-20,10-4-11-27)15-5-2-1-3-6-15/h1-3,5-8,13-14,19,27H,4,9-12H2. The van der Waals surface area contributed by atoms with Crippen molar-refractivity contribution in [3.05, 3.63) is 71.3 Å². The number of hydroxylamine groups is 2. The van der Waals surface area contributed by atoms with Crippen molar-refractivity contribution < 1.29 is 23.5 Å². The number of thioether (sulfide) groups is 1. The van der Waals surface area contributed by atoms with Gasteiger partial charge in [-0.2, -0.15) is 10.2 Å². The lowest BCUT2D eigenvalue weighted by atomic mass is 9.99. The zero-order valence-corrected chi connectivity index (χ0v) is 16.9. The first-order valence-corrected chi connectivity index (χ1v) is 10.5. The Morgan fingerprint density at radius 1 is 1.27 bits per heavy atom. The van der Waals surface area contributed by atoms with Gasteiger partial charge in [-0.05, 0) is 36.6 Å². The maximum absolute atomic E-state index is 14.6. The molecular weight excluding hydrogens is 412 g/mol. The highest BCUT2D eigenvalue weighted by Gasteiger charge is 2.50. The van der Waals surface area contributed by atoms with Crippen molar-refractivity contribution in [2.45, 2.75) is 30.3 Å². The number of hydrogen-bond acceptors (Lipinski definition) is 6. The third-order valence-electron chi connectivity index (χ3n) is 5.19. The molecule has 2 atom stereocenters. The number of nitrogens with zero attached hydrogens (tertiary/aromatic N) is 3. The van der Waals surface area contributed by atoms with Gasteiger partial charge in [0.1, 0.15) is 21.5 Å². The van der Waals surface area contributed by atoms with Gasteiger partial charge in [0.2, 0.25) is 6.41 Å². The van der Waals surface area contributed by atoms with Crippen LogP contribution in [-0.4, -0.2) is 46.0 Å². The summed E-state index contributed by atoms with van der Waals surface area (Å²) < 4.78 is 28.4. The molecule has 2 aromatic carbocycles. The van der Waals surface area contributed by atoms with Gasteiger partial charge in [-0.3, -0.25) is 9.63 Å². The van der Waals surface area contributed by atoms with E-state index in [0.29, 0.717) is 37.3 Å². The number of aliphatic hydroxyl groups excluding tert-OH is 1. The molecule has 0 spiro atoms. The van der Waals surface area contributed by atoms with Gasteiger partial charge in [0.25, 0.3) is 0 Å². The van der Waals surface area contributed by atoms with Crippen LogP contribution in [0, 0.1) is 11.6 Å². The van der Waals surface area contributed by atoms with Crippen molar-refractivity contribution in [3.8, 4) is 0 Å². The van der Waals surface area contributed by atoms with Gasteiger partial charge < -0.3 is 5.11 Å². The minimum Gasteiger partial charge on any atom is -0.396 e. The molecule has 4 rings (SSSR count). The van der Waals surface area contributed by atoms with E-state index in [-0.39, 0.29) is 12.2 Å². The topological polar surface area (TPSA) is 65.4 Å². The summed E-state index contributed by atoms with van der Waals surface area (Å²) >= 11 is 1.29. The van der Waals surface area contributed by atoms with E-state index >= 15 is 0 Å². The minimum absolute atomic E-state index is 0.0365. The van der Waals surface area contributed by atoms with E-state index in [1.54, 1.807) is 5.01 Å². The molecule has 6 nitrogen and oxygen atoms in total. The number of rotatable bonds is 7. The number of carbonyl (C=O) groups is 1. The van der Waals surface area contributed by atoms with E-state index in [9.17, 15) is 18.7 Å². The molecule has 158 valence electrons. The first-order chi connectivity index (χ1) is 14.6. The number of hydrogen-bond donors (Lipinski definition) is 1. The van der Waals surface area contributed by atoms with Crippen molar-refractivity contribution in [3.63, 3.8) is 0 Å². The lowest BCUT2D eigenvalue weighted by Crippen LogP contribution is -2.49. The molecule has 0 saturated carbocycles. The van der Waals surface area contributed by atoms with Crippen LogP contribution < -0.4 is 0 Å². The van der Waals surface area contributed by atoms with Crippen molar-refractivity contribution >= 4 is 23.2 Å². The lowest BCUT2D eigenvalue weighted by molar-refractivity contribution is -0.178. The number of hydrazone groups is 1. The number of benzene rings is 2. The molecule has 1 fully saturated rings. The highest BCUT2D eigenvalue weighted by molar-refractivity contribution is 8.15. The van der Waals surface area contributed by atoms with Gasteiger partial charge in [-0.15, -0.1) is 0 Å². The average Bonchev–Trinajstić information content (AvgIpc) is 3.39. The van der Waals surface area contributed by atoms with Gasteiger partial charge in [0, 0.05) is 18.6 Å². The van der Waals surface area contributed by atoms with Crippen LogP contribution in [0.25, 0.3) is 0 Å². The molecule has 2 heterocycles. The number of halogens is 2. The Kier molecular flexibility index (Phi) is 6.03. The number of carbonyl (C=O) groups excluding carboxylic acids is 1. The summed E-state index contributed by atoms with van der Waals surface area (Å²) in [6, 6.07) is 12.8. The molecule has 0 aliphatic carbocycles. The first-order valence-electron chi connectivity index (χ1n) is 9.64. The largest absolute Gasteiger partial charge is 0.396 e. The van der Waals surface area contributed by atoms with E-state index in [0.717, 1.165) is 23.8 Å². The molecule has 2 aliphatic rings. The molecule has 9 heteroatoms. The van der Waals surface area contributed by atoms with Gasteiger partial charge in [-0.25, -0.2) is 13.8 Å². The summed E-state index contributed by atoms with van der Waals surface area (Å²) in [5.74, 6) is -1.14. The Bertz CT molecular complexity index is 946. The normalized spacial score (nSPS) is 23.7. The molecule has 0 aromatic heterocycles. The summed E-state index contributed by atoms with van der Waals surface area (Å²) in [4.78, 5) is 16.1. The molecule has 2 aliphatic heterocycles. The number of amides is 1. The highest BCUT2D eigenvalue weighted by Crippen LogP contribution is 2.52. The molecule has 1 N–H and O–H groups in total. The molecule has 1 amide bonds. The van der Waals surface area contributed by atoms with Crippen LogP contribution in [0.1, 0.15) is 30.4 Å².